The van der Waals surface area contributed by atoms with Crippen LogP contribution in [0, 0.1) is 0 Å². The number of ketones is 1. The van der Waals surface area contributed by atoms with Crippen molar-refractivity contribution in [2.75, 3.05) is 40.0 Å². The molecule has 2 aromatic rings. The van der Waals surface area contributed by atoms with Crippen molar-refractivity contribution in [1.29, 1.82) is 0 Å². The molecule has 1 fully saturated rings. The van der Waals surface area contributed by atoms with Gasteiger partial charge in [-0.1, -0.05) is 44.2 Å². The van der Waals surface area contributed by atoms with Gasteiger partial charge in [0.2, 0.25) is 10.0 Å². The molecule has 1 aliphatic heterocycles. The van der Waals surface area contributed by atoms with E-state index in [4.69, 9.17) is 14.2 Å². The normalized spacial score (nSPS) is 14.9. The molecular formula is C25H29NO7S. The summed E-state index contributed by atoms with van der Waals surface area (Å²) in [5.41, 5.74) is 2.06. The molecular weight excluding hydrogens is 458 g/mol. The lowest BCUT2D eigenvalue weighted by Crippen LogP contribution is -2.40. The number of morpholine rings is 1. The average molecular weight is 488 g/mol. The third-order valence-corrected chi connectivity index (χ3v) is 7.35. The molecule has 0 amide bonds. The Labute approximate surface area is 200 Å². The van der Waals surface area contributed by atoms with Gasteiger partial charge in [-0.15, -0.1) is 0 Å². The summed E-state index contributed by atoms with van der Waals surface area (Å²) in [6.07, 6.45) is 2.59. The first-order chi connectivity index (χ1) is 16.2. The van der Waals surface area contributed by atoms with Crippen LogP contribution in [0.2, 0.25) is 0 Å². The van der Waals surface area contributed by atoms with Gasteiger partial charge in [-0.05, 0) is 35.3 Å². The number of Topliss-reactive ketones (excluding diaryl/α,β-unsaturated/α-hetero) is 1. The summed E-state index contributed by atoms with van der Waals surface area (Å²) in [6.45, 7) is 4.91. The standard InChI is InChI=1S/C25H29NO7S/c1-18(2)20-6-8-21(9-7-20)22(27)17-33-25(28)11-5-19-4-10-23(31-3)24(16-19)34(29,30)26-12-14-32-15-13-26/h4-11,16,18H,12-15,17H2,1-3H3/b11-5+. The van der Waals surface area contributed by atoms with Gasteiger partial charge in [0.15, 0.2) is 12.4 Å². The van der Waals surface area contributed by atoms with Crippen LogP contribution in [0.25, 0.3) is 6.08 Å². The predicted octanol–water partition coefficient (Wildman–Crippen LogP) is 3.28. The summed E-state index contributed by atoms with van der Waals surface area (Å²) >= 11 is 0. The molecule has 0 aliphatic carbocycles. The predicted molar refractivity (Wildman–Crippen MR) is 127 cm³/mol. The van der Waals surface area contributed by atoms with E-state index in [9.17, 15) is 18.0 Å². The quantitative estimate of drug-likeness (QED) is 0.304. The van der Waals surface area contributed by atoms with E-state index in [1.807, 2.05) is 12.1 Å². The minimum absolute atomic E-state index is 0.00689. The van der Waals surface area contributed by atoms with Crippen molar-refractivity contribution in [1.82, 2.24) is 4.31 Å². The maximum absolute atomic E-state index is 13.1. The Kier molecular flexibility index (Phi) is 8.60. The van der Waals surface area contributed by atoms with Crippen LogP contribution in [0.5, 0.6) is 5.75 Å². The molecule has 0 bridgehead atoms. The van der Waals surface area contributed by atoms with E-state index < -0.39 is 16.0 Å². The summed E-state index contributed by atoms with van der Waals surface area (Å²) in [6, 6.07) is 11.8. The van der Waals surface area contributed by atoms with E-state index in [0.717, 1.165) is 11.6 Å². The van der Waals surface area contributed by atoms with Crippen molar-refractivity contribution in [2.45, 2.75) is 24.7 Å². The fourth-order valence-electron chi connectivity index (χ4n) is 3.41. The van der Waals surface area contributed by atoms with Crippen molar-refractivity contribution >= 4 is 27.9 Å². The smallest absolute Gasteiger partial charge is 0.331 e. The van der Waals surface area contributed by atoms with E-state index in [1.54, 1.807) is 18.2 Å². The van der Waals surface area contributed by atoms with E-state index in [-0.39, 0.29) is 36.1 Å². The van der Waals surface area contributed by atoms with Crippen LogP contribution in [0.4, 0.5) is 0 Å². The Morgan fingerprint density at radius 2 is 1.76 bits per heavy atom. The minimum atomic E-state index is -3.79. The molecule has 0 spiro atoms. The van der Waals surface area contributed by atoms with Crippen molar-refractivity contribution in [3.8, 4) is 5.75 Å². The Morgan fingerprint density at radius 1 is 1.09 bits per heavy atom. The first-order valence-corrected chi connectivity index (χ1v) is 12.4. The van der Waals surface area contributed by atoms with E-state index in [2.05, 4.69) is 13.8 Å². The largest absolute Gasteiger partial charge is 0.495 e. The number of esters is 1. The maximum Gasteiger partial charge on any atom is 0.331 e. The van der Waals surface area contributed by atoms with Gasteiger partial charge in [0.25, 0.3) is 0 Å². The van der Waals surface area contributed by atoms with Crippen molar-refractivity contribution in [2.24, 2.45) is 0 Å². The van der Waals surface area contributed by atoms with Gasteiger partial charge in [-0.2, -0.15) is 4.31 Å². The molecule has 182 valence electrons. The van der Waals surface area contributed by atoms with Gasteiger partial charge < -0.3 is 14.2 Å². The highest BCUT2D eigenvalue weighted by molar-refractivity contribution is 7.89. The Hall–Kier alpha value is -3.01. The van der Waals surface area contributed by atoms with E-state index >= 15 is 0 Å². The molecule has 1 aliphatic rings. The Bertz CT molecular complexity index is 1150. The number of sulfonamides is 1. The number of carbonyl (C=O) groups excluding carboxylic acids is 2. The first-order valence-electron chi connectivity index (χ1n) is 11.0. The lowest BCUT2D eigenvalue weighted by molar-refractivity contribution is -0.136. The highest BCUT2D eigenvalue weighted by atomic mass is 32.2. The minimum Gasteiger partial charge on any atom is -0.495 e. The highest BCUT2D eigenvalue weighted by Crippen LogP contribution is 2.29. The number of carbonyl (C=O) groups is 2. The Morgan fingerprint density at radius 3 is 2.38 bits per heavy atom. The van der Waals surface area contributed by atoms with Crippen LogP contribution in [-0.2, 0) is 24.3 Å². The molecule has 0 N–H and O–H groups in total. The summed E-state index contributed by atoms with van der Waals surface area (Å²) < 4.78 is 43.0. The van der Waals surface area contributed by atoms with Crippen molar-refractivity contribution in [3.05, 3.63) is 65.2 Å². The number of methoxy groups -OCH3 is 1. The molecule has 8 nitrogen and oxygen atoms in total. The number of benzene rings is 2. The third kappa shape index (κ3) is 6.31. The molecule has 1 heterocycles. The summed E-state index contributed by atoms with van der Waals surface area (Å²) in [5, 5.41) is 0. The third-order valence-electron chi connectivity index (χ3n) is 5.43. The topological polar surface area (TPSA) is 99.2 Å². The second kappa shape index (κ2) is 11.4. The van der Waals surface area contributed by atoms with Gasteiger partial charge in [0.1, 0.15) is 10.6 Å². The lowest BCUT2D eigenvalue weighted by atomic mass is 10.0. The molecule has 9 heteroatoms. The molecule has 34 heavy (non-hydrogen) atoms. The lowest BCUT2D eigenvalue weighted by Gasteiger charge is -2.26. The number of ether oxygens (including phenoxy) is 3. The van der Waals surface area contributed by atoms with Crippen LogP contribution < -0.4 is 4.74 Å². The molecule has 3 rings (SSSR count). The van der Waals surface area contributed by atoms with E-state index in [1.165, 1.54) is 29.6 Å². The van der Waals surface area contributed by atoms with Crippen LogP contribution in [0.3, 0.4) is 0 Å². The second-order valence-corrected chi connectivity index (χ2v) is 9.97. The highest BCUT2D eigenvalue weighted by Gasteiger charge is 2.29. The zero-order chi connectivity index (χ0) is 24.7. The Balaban J connectivity index is 1.66. The van der Waals surface area contributed by atoms with Crippen molar-refractivity contribution in [3.63, 3.8) is 0 Å². The second-order valence-electron chi connectivity index (χ2n) is 8.07. The SMILES string of the molecule is COc1ccc(/C=C/C(=O)OCC(=O)c2ccc(C(C)C)cc2)cc1S(=O)(=O)N1CCOCC1. The summed E-state index contributed by atoms with van der Waals surface area (Å²) in [4.78, 5) is 24.4. The zero-order valence-electron chi connectivity index (χ0n) is 19.5. The van der Waals surface area contributed by atoms with Gasteiger partial charge in [0, 0.05) is 24.7 Å². The maximum atomic E-state index is 13.1. The molecule has 0 saturated carbocycles. The average Bonchev–Trinajstić information content (AvgIpc) is 2.86. The molecule has 0 unspecified atom stereocenters. The number of hydrogen-bond acceptors (Lipinski definition) is 7. The molecule has 1 saturated heterocycles. The number of nitrogens with zero attached hydrogens (tertiary/aromatic N) is 1. The number of hydrogen-bond donors (Lipinski definition) is 0. The van der Waals surface area contributed by atoms with Gasteiger partial charge in [-0.3, -0.25) is 4.79 Å². The van der Waals surface area contributed by atoms with Crippen molar-refractivity contribution < 1.29 is 32.2 Å². The fraction of sp³-hybridized carbons (Fsp3) is 0.360. The van der Waals surface area contributed by atoms with Crippen LogP contribution in [0.15, 0.2) is 53.4 Å². The number of rotatable bonds is 9. The molecule has 0 radical (unpaired) electrons. The van der Waals surface area contributed by atoms with Gasteiger partial charge >= 0.3 is 5.97 Å². The van der Waals surface area contributed by atoms with Crippen LogP contribution in [0.1, 0.15) is 41.3 Å². The molecule has 0 atom stereocenters. The molecule has 0 aromatic heterocycles. The zero-order valence-corrected chi connectivity index (χ0v) is 20.3. The van der Waals surface area contributed by atoms with Gasteiger partial charge in [-0.25, -0.2) is 13.2 Å². The molecule has 2 aromatic carbocycles. The fourth-order valence-corrected chi connectivity index (χ4v) is 5.01. The first kappa shape index (κ1) is 25.6. The summed E-state index contributed by atoms with van der Waals surface area (Å²) in [7, 11) is -2.40. The van der Waals surface area contributed by atoms with Crippen LogP contribution in [-0.4, -0.2) is 64.5 Å². The monoisotopic (exact) mass is 487 g/mol. The van der Waals surface area contributed by atoms with E-state index in [0.29, 0.717) is 30.3 Å². The summed E-state index contributed by atoms with van der Waals surface area (Å²) in [5.74, 6) is -0.448. The van der Waals surface area contributed by atoms with Gasteiger partial charge in [0.05, 0.1) is 20.3 Å². The van der Waals surface area contributed by atoms with Crippen LogP contribution >= 0.6 is 0 Å².